The van der Waals surface area contributed by atoms with Gasteiger partial charge in [0.15, 0.2) is 0 Å². The third-order valence-corrected chi connectivity index (χ3v) is 3.87. The molecule has 0 bridgehead atoms. The molecule has 6 heteroatoms. The number of rotatable bonds is 2. The maximum absolute atomic E-state index is 11.2. The van der Waals surface area contributed by atoms with E-state index in [9.17, 15) is 10.1 Å². The lowest BCUT2D eigenvalue weighted by Gasteiger charge is -2.11. The summed E-state index contributed by atoms with van der Waals surface area (Å²) in [5.41, 5.74) is 7.09. The van der Waals surface area contributed by atoms with Crippen LogP contribution in [0.25, 0.3) is 21.9 Å². The minimum Gasteiger partial charge on any atom is -0.383 e. The first-order chi connectivity index (χ1) is 10.1. The van der Waals surface area contributed by atoms with Gasteiger partial charge in [0.1, 0.15) is 10.4 Å². The van der Waals surface area contributed by atoms with E-state index in [-0.39, 0.29) is 11.5 Å². The maximum Gasteiger partial charge on any atom is 0.277 e. The fourth-order valence-corrected chi connectivity index (χ4v) is 2.90. The van der Waals surface area contributed by atoms with Crippen LogP contribution in [0.3, 0.4) is 0 Å². The number of fused-ring (bicyclic) bond motifs is 1. The van der Waals surface area contributed by atoms with Crippen molar-refractivity contribution in [3.8, 4) is 11.1 Å². The molecule has 0 aliphatic rings. The van der Waals surface area contributed by atoms with E-state index in [1.807, 2.05) is 24.3 Å². The Bertz CT molecular complexity index is 865. The fourth-order valence-electron chi connectivity index (χ4n) is 2.37. The third kappa shape index (κ3) is 2.23. The Hall–Kier alpha value is -2.47. The Morgan fingerprint density at radius 3 is 2.38 bits per heavy atom. The number of halogens is 1. The molecule has 1 aromatic heterocycles. The van der Waals surface area contributed by atoms with Gasteiger partial charge in [-0.15, -0.1) is 0 Å². The van der Waals surface area contributed by atoms with Crippen molar-refractivity contribution in [2.75, 3.05) is 5.73 Å². The van der Waals surface area contributed by atoms with Crippen LogP contribution in [-0.4, -0.2) is 9.91 Å². The molecule has 0 aliphatic heterocycles. The number of nitrogens with two attached hydrogens (primary N) is 1. The lowest BCUT2D eigenvalue weighted by atomic mass is 9.98. The average Bonchev–Trinajstić information content (AvgIpc) is 2.47. The molecule has 21 heavy (non-hydrogen) atoms. The second-order valence-electron chi connectivity index (χ2n) is 4.48. The average molecular weight is 344 g/mol. The predicted octanol–water partition coefficient (Wildman–Crippen LogP) is 4.15. The van der Waals surface area contributed by atoms with Gasteiger partial charge in [0.2, 0.25) is 0 Å². The highest BCUT2D eigenvalue weighted by atomic mass is 79.9. The molecule has 0 radical (unpaired) electrons. The van der Waals surface area contributed by atoms with Crippen LogP contribution in [0.1, 0.15) is 0 Å². The Balaban J connectivity index is 2.44. The van der Waals surface area contributed by atoms with E-state index in [0.717, 1.165) is 10.8 Å². The Kier molecular flexibility index (Phi) is 3.31. The zero-order valence-corrected chi connectivity index (χ0v) is 12.4. The molecule has 0 spiro atoms. The second kappa shape index (κ2) is 5.14. The molecule has 2 aromatic carbocycles. The van der Waals surface area contributed by atoms with Crippen molar-refractivity contribution >= 4 is 38.2 Å². The van der Waals surface area contributed by atoms with Crippen LogP contribution < -0.4 is 5.73 Å². The Labute approximate surface area is 128 Å². The number of pyridine rings is 1. The van der Waals surface area contributed by atoms with Gasteiger partial charge in [-0.05, 0) is 27.4 Å². The summed E-state index contributed by atoms with van der Waals surface area (Å²) in [5.74, 6) is 0.259. The van der Waals surface area contributed by atoms with Gasteiger partial charge in [0.05, 0.1) is 10.5 Å². The van der Waals surface area contributed by atoms with E-state index in [1.54, 1.807) is 18.2 Å². The smallest absolute Gasteiger partial charge is 0.277 e. The number of anilines is 1. The highest BCUT2D eigenvalue weighted by molar-refractivity contribution is 9.10. The van der Waals surface area contributed by atoms with Gasteiger partial charge < -0.3 is 5.73 Å². The number of nitrogens with zero attached hydrogens (tertiary/aromatic N) is 2. The van der Waals surface area contributed by atoms with E-state index in [2.05, 4.69) is 20.9 Å². The highest BCUT2D eigenvalue weighted by Crippen LogP contribution is 2.39. The van der Waals surface area contributed by atoms with E-state index in [4.69, 9.17) is 5.73 Å². The van der Waals surface area contributed by atoms with E-state index >= 15 is 0 Å². The van der Waals surface area contributed by atoms with Crippen LogP contribution in [0.5, 0.6) is 0 Å². The van der Waals surface area contributed by atoms with Crippen molar-refractivity contribution < 1.29 is 4.92 Å². The quantitative estimate of drug-likeness (QED) is 0.430. The number of hydrogen-bond donors (Lipinski definition) is 1. The van der Waals surface area contributed by atoms with Crippen molar-refractivity contribution in [2.24, 2.45) is 0 Å². The van der Waals surface area contributed by atoms with Crippen LogP contribution in [0.2, 0.25) is 0 Å². The van der Waals surface area contributed by atoms with Crippen molar-refractivity contribution in [3.05, 3.63) is 63.2 Å². The van der Waals surface area contributed by atoms with Crippen molar-refractivity contribution in [2.45, 2.75) is 0 Å². The van der Waals surface area contributed by atoms with Crippen LogP contribution in [-0.2, 0) is 0 Å². The van der Waals surface area contributed by atoms with Crippen molar-refractivity contribution in [1.82, 2.24) is 4.98 Å². The van der Waals surface area contributed by atoms with Gasteiger partial charge in [0, 0.05) is 17.0 Å². The molecule has 0 saturated carbocycles. The molecule has 0 amide bonds. The van der Waals surface area contributed by atoms with E-state index < -0.39 is 4.92 Å². The van der Waals surface area contributed by atoms with Gasteiger partial charge in [-0.1, -0.05) is 36.4 Å². The standard InChI is InChI=1S/C15H10BrN3O2/c16-14-10-6-2-1-5-9(10)13(15(17)18-14)11-7-3-4-8-12(11)19(20)21/h1-8H,(H2,17,18). The number of nitro benzene ring substituents is 1. The number of aromatic nitrogens is 1. The summed E-state index contributed by atoms with van der Waals surface area (Å²) in [7, 11) is 0. The van der Waals surface area contributed by atoms with E-state index in [1.165, 1.54) is 6.07 Å². The number of nitrogen functional groups attached to an aromatic ring is 1. The molecule has 5 nitrogen and oxygen atoms in total. The summed E-state index contributed by atoms with van der Waals surface area (Å²) in [6.07, 6.45) is 0. The van der Waals surface area contributed by atoms with Gasteiger partial charge in [0.25, 0.3) is 5.69 Å². The van der Waals surface area contributed by atoms with Crippen LogP contribution in [0, 0.1) is 10.1 Å². The van der Waals surface area contributed by atoms with Crippen LogP contribution >= 0.6 is 15.9 Å². The summed E-state index contributed by atoms with van der Waals surface area (Å²) in [6, 6.07) is 14.1. The summed E-state index contributed by atoms with van der Waals surface area (Å²) in [6.45, 7) is 0. The number of hydrogen-bond acceptors (Lipinski definition) is 4. The van der Waals surface area contributed by atoms with Crippen LogP contribution in [0.4, 0.5) is 11.5 Å². The second-order valence-corrected chi connectivity index (χ2v) is 5.23. The minimum absolute atomic E-state index is 0.0125. The highest BCUT2D eigenvalue weighted by Gasteiger charge is 2.20. The summed E-state index contributed by atoms with van der Waals surface area (Å²) >= 11 is 3.38. The first kappa shape index (κ1) is 13.5. The molecule has 3 rings (SSSR count). The monoisotopic (exact) mass is 343 g/mol. The van der Waals surface area contributed by atoms with Crippen LogP contribution in [0.15, 0.2) is 53.1 Å². The molecule has 2 N–H and O–H groups in total. The topological polar surface area (TPSA) is 82.0 Å². The molecule has 0 aliphatic carbocycles. The zero-order chi connectivity index (χ0) is 15.0. The Morgan fingerprint density at radius 1 is 1.05 bits per heavy atom. The zero-order valence-electron chi connectivity index (χ0n) is 10.8. The van der Waals surface area contributed by atoms with Crippen molar-refractivity contribution in [1.29, 1.82) is 0 Å². The van der Waals surface area contributed by atoms with Crippen molar-refractivity contribution in [3.63, 3.8) is 0 Å². The Morgan fingerprint density at radius 2 is 1.67 bits per heavy atom. The van der Waals surface area contributed by atoms with E-state index in [0.29, 0.717) is 15.7 Å². The molecule has 0 fully saturated rings. The first-order valence-electron chi connectivity index (χ1n) is 6.17. The fraction of sp³-hybridized carbons (Fsp3) is 0. The SMILES string of the molecule is Nc1nc(Br)c2ccccc2c1-c1ccccc1[N+](=O)[O-]. The normalized spacial score (nSPS) is 10.7. The molecule has 0 atom stereocenters. The largest absolute Gasteiger partial charge is 0.383 e. The molecular formula is C15H10BrN3O2. The summed E-state index contributed by atoms with van der Waals surface area (Å²) in [4.78, 5) is 15.1. The molecule has 104 valence electrons. The molecule has 3 aromatic rings. The molecule has 1 heterocycles. The molecular weight excluding hydrogens is 334 g/mol. The third-order valence-electron chi connectivity index (χ3n) is 3.26. The lowest BCUT2D eigenvalue weighted by molar-refractivity contribution is -0.384. The first-order valence-corrected chi connectivity index (χ1v) is 6.96. The number of nitro groups is 1. The maximum atomic E-state index is 11.2. The van der Waals surface area contributed by atoms with Gasteiger partial charge in [-0.3, -0.25) is 10.1 Å². The number of benzene rings is 2. The van der Waals surface area contributed by atoms with Gasteiger partial charge in [-0.25, -0.2) is 4.98 Å². The van der Waals surface area contributed by atoms with Gasteiger partial charge >= 0.3 is 0 Å². The molecule has 0 saturated heterocycles. The number of para-hydroxylation sites is 1. The summed E-state index contributed by atoms with van der Waals surface area (Å²) in [5, 5.41) is 12.9. The predicted molar refractivity (Wildman–Crippen MR) is 85.9 cm³/mol. The summed E-state index contributed by atoms with van der Waals surface area (Å²) < 4.78 is 0.623. The lowest BCUT2D eigenvalue weighted by Crippen LogP contribution is -1.99. The van der Waals surface area contributed by atoms with Gasteiger partial charge in [-0.2, -0.15) is 0 Å². The molecule has 0 unspecified atom stereocenters. The minimum atomic E-state index is -0.411.